The van der Waals surface area contributed by atoms with Gasteiger partial charge in [-0.2, -0.15) is 4.98 Å². The molecule has 2 N–H and O–H groups in total. The van der Waals surface area contributed by atoms with Crippen LogP contribution in [0.2, 0.25) is 0 Å². The monoisotopic (exact) mass is 294 g/mol. The molecule has 1 aliphatic heterocycles. The van der Waals surface area contributed by atoms with Gasteiger partial charge in [-0.25, -0.2) is 0 Å². The quantitative estimate of drug-likeness (QED) is 0.833. The van der Waals surface area contributed by atoms with Crippen LogP contribution in [0.25, 0.3) is 0 Å². The van der Waals surface area contributed by atoms with Crippen molar-refractivity contribution in [2.24, 2.45) is 5.92 Å². The highest BCUT2D eigenvalue weighted by atomic mass is 16.5. The van der Waals surface area contributed by atoms with E-state index < -0.39 is 6.10 Å². The Morgan fingerprint density at radius 3 is 2.86 bits per heavy atom. The van der Waals surface area contributed by atoms with Gasteiger partial charge in [-0.15, -0.1) is 0 Å². The van der Waals surface area contributed by atoms with Gasteiger partial charge >= 0.3 is 0 Å². The van der Waals surface area contributed by atoms with Crippen LogP contribution in [0.3, 0.4) is 0 Å². The molecule has 0 spiro atoms. The Morgan fingerprint density at radius 2 is 2.24 bits per heavy atom. The fourth-order valence-corrected chi connectivity index (χ4v) is 2.37. The maximum absolute atomic E-state index is 12.3. The topological polar surface area (TPSA) is 89.3 Å². The van der Waals surface area contributed by atoms with Crippen molar-refractivity contribution in [2.45, 2.75) is 44.8 Å². The lowest BCUT2D eigenvalue weighted by atomic mass is 10.0. The van der Waals surface area contributed by atoms with E-state index in [1.54, 1.807) is 0 Å². The number of ether oxygens (including phenoxy) is 1. The van der Waals surface area contributed by atoms with Gasteiger partial charge in [0.05, 0.1) is 6.61 Å². The first kappa shape index (κ1) is 14.5. The number of aromatic nitrogens is 2. The zero-order valence-corrected chi connectivity index (χ0v) is 12.5. The van der Waals surface area contributed by atoms with Crippen molar-refractivity contribution in [3.8, 4) is 0 Å². The van der Waals surface area contributed by atoms with Crippen LogP contribution in [-0.4, -0.2) is 41.8 Å². The lowest BCUT2D eigenvalue weighted by Gasteiger charge is -2.26. The summed E-state index contributed by atoms with van der Waals surface area (Å²) in [7, 11) is 0. The van der Waals surface area contributed by atoms with Crippen LogP contribution in [0, 0.1) is 5.92 Å². The van der Waals surface area contributed by atoms with Gasteiger partial charge in [-0.1, -0.05) is 19.0 Å². The van der Waals surface area contributed by atoms with Gasteiger partial charge < -0.3 is 19.9 Å². The van der Waals surface area contributed by atoms with Crippen LogP contribution in [0.15, 0.2) is 4.52 Å². The van der Waals surface area contributed by atoms with Gasteiger partial charge in [-0.05, 0) is 18.8 Å². The molecule has 1 aromatic heterocycles. The second kappa shape index (κ2) is 6.11. The van der Waals surface area contributed by atoms with Gasteiger partial charge in [0.25, 0.3) is 5.91 Å². The first-order valence-electron chi connectivity index (χ1n) is 7.61. The molecule has 1 amide bonds. The fraction of sp³-hybridized carbons (Fsp3) is 0.786. The predicted molar refractivity (Wildman–Crippen MR) is 74.6 cm³/mol. The van der Waals surface area contributed by atoms with Crippen molar-refractivity contribution < 1.29 is 14.1 Å². The maximum Gasteiger partial charge on any atom is 0.251 e. The van der Waals surface area contributed by atoms with E-state index in [4.69, 9.17) is 9.26 Å². The first-order valence-corrected chi connectivity index (χ1v) is 7.61. The highest BCUT2D eigenvalue weighted by molar-refractivity contribution is 5.81. The van der Waals surface area contributed by atoms with Crippen LogP contribution in [0.1, 0.15) is 50.4 Å². The molecule has 7 nitrogen and oxygen atoms in total. The molecule has 21 heavy (non-hydrogen) atoms. The van der Waals surface area contributed by atoms with Crippen molar-refractivity contribution in [3.05, 3.63) is 11.7 Å². The molecule has 1 saturated carbocycles. The Morgan fingerprint density at radius 1 is 1.43 bits per heavy atom. The Hall–Kier alpha value is -1.47. The summed E-state index contributed by atoms with van der Waals surface area (Å²) >= 11 is 0. The third-order valence-electron chi connectivity index (χ3n) is 3.85. The van der Waals surface area contributed by atoms with E-state index >= 15 is 0 Å². The van der Waals surface area contributed by atoms with E-state index in [0.29, 0.717) is 25.0 Å². The van der Waals surface area contributed by atoms with Crippen LogP contribution in [-0.2, 0) is 9.53 Å². The largest absolute Gasteiger partial charge is 0.366 e. The van der Waals surface area contributed by atoms with Crippen LogP contribution in [0.5, 0.6) is 0 Å². The average Bonchev–Trinajstić information content (AvgIpc) is 3.23. The molecule has 1 aromatic rings. The highest BCUT2D eigenvalue weighted by Gasteiger charge is 2.33. The zero-order chi connectivity index (χ0) is 14.8. The molecule has 0 aromatic carbocycles. The van der Waals surface area contributed by atoms with Gasteiger partial charge in [0.1, 0.15) is 12.1 Å². The summed E-state index contributed by atoms with van der Waals surface area (Å²) in [4.78, 5) is 16.7. The molecule has 1 saturated heterocycles. The van der Waals surface area contributed by atoms with Crippen molar-refractivity contribution >= 4 is 5.91 Å². The van der Waals surface area contributed by atoms with Gasteiger partial charge in [0.15, 0.2) is 5.82 Å². The number of carbonyl (C=O) groups excluding carboxylic acids is 1. The minimum Gasteiger partial charge on any atom is -0.366 e. The Kier molecular flexibility index (Phi) is 4.21. The van der Waals surface area contributed by atoms with E-state index in [9.17, 15) is 4.79 Å². The number of amides is 1. The molecular formula is C14H22N4O3. The van der Waals surface area contributed by atoms with E-state index in [1.165, 1.54) is 0 Å². The number of carbonyl (C=O) groups is 1. The molecule has 2 fully saturated rings. The fourth-order valence-electron chi connectivity index (χ4n) is 2.37. The van der Waals surface area contributed by atoms with Crippen LogP contribution in [0.4, 0.5) is 0 Å². The number of morpholine rings is 1. The van der Waals surface area contributed by atoms with Crippen molar-refractivity contribution in [1.29, 1.82) is 0 Å². The summed E-state index contributed by atoms with van der Waals surface area (Å²) in [6.45, 7) is 5.91. The Labute approximate surface area is 123 Å². The van der Waals surface area contributed by atoms with E-state index in [1.807, 2.05) is 13.8 Å². The third kappa shape index (κ3) is 3.41. The lowest BCUT2D eigenvalue weighted by Crippen LogP contribution is -2.49. The van der Waals surface area contributed by atoms with Crippen LogP contribution >= 0.6 is 0 Å². The number of hydrogen-bond donors (Lipinski definition) is 2. The van der Waals surface area contributed by atoms with Gasteiger partial charge in [0.2, 0.25) is 5.89 Å². The molecule has 2 aliphatic rings. The smallest absolute Gasteiger partial charge is 0.251 e. The molecule has 0 radical (unpaired) electrons. The molecule has 2 unspecified atom stereocenters. The van der Waals surface area contributed by atoms with E-state index in [-0.39, 0.29) is 17.9 Å². The minimum absolute atomic E-state index is 0.132. The van der Waals surface area contributed by atoms with Gasteiger partial charge in [0, 0.05) is 19.0 Å². The van der Waals surface area contributed by atoms with E-state index in [2.05, 4.69) is 20.8 Å². The molecule has 7 heteroatoms. The highest BCUT2D eigenvalue weighted by Crippen LogP contribution is 2.38. The summed E-state index contributed by atoms with van der Waals surface area (Å²) in [6.07, 6.45) is 1.80. The number of nitrogens with one attached hydrogen (secondary N) is 2. The normalized spacial score (nSPS) is 24.0. The second-order valence-electron chi connectivity index (χ2n) is 6.06. The zero-order valence-electron chi connectivity index (χ0n) is 12.5. The molecule has 2 heterocycles. The second-order valence-corrected chi connectivity index (χ2v) is 6.06. The summed E-state index contributed by atoms with van der Waals surface area (Å²) in [5, 5.41) is 10.1. The molecule has 2 atom stereocenters. The van der Waals surface area contributed by atoms with Crippen molar-refractivity contribution in [1.82, 2.24) is 20.8 Å². The summed E-state index contributed by atoms with van der Waals surface area (Å²) in [5.41, 5.74) is 0. The lowest BCUT2D eigenvalue weighted by molar-refractivity contribution is -0.135. The van der Waals surface area contributed by atoms with Gasteiger partial charge in [-0.3, -0.25) is 4.79 Å². The summed E-state index contributed by atoms with van der Waals surface area (Å²) in [6, 6.07) is -0.275. The number of rotatable bonds is 5. The Balaban J connectivity index is 1.66. The third-order valence-corrected chi connectivity index (χ3v) is 3.85. The minimum atomic E-state index is -0.453. The first-order chi connectivity index (χ1) is 10.1. The molecule has 3 rings (SSSR count). The average molecular weight is 294 g/mol. The SMILES string of the molecule is CC(C)C(NC(=O)C1CNCCO1)c1nc(C2CC2)no1. The predicted octanol–water partition coefficient (Wildman–Crippen LogP) is 0.749. The molecule has 1 aliphatic carbocycles. The van der Waals surface area contributed by atoms with E-state index in [0.717, 1.165) is 25.2 Å². The van der Waals surface area contributed by atoms with Crippen molar-refractivity contribution in [2.75, 3.05) is 19.7 Å². The maximum atomic E-state index is 12.3. The summed E-state index contributed by atoms with van der Waals surface area (Å²) < 4.78 is 10.8. The van der Waals surface area contributed by atoms with Crippen LogP contribution < -0.4 is 10.6 Å². The number of hydrogen-bond acceptors (Lipinski definition) is 6. The molecule has 116 valence electrons. The standard InChI is InChI=1S/C14H22N4O3/c1-8(2)11(14-17-12(18-21-14)9-3-4-9)16-13(19)10-7-15-5-6-20-10/h8-11,15H,3-7H2,1-2H3,(H,16,19). The Bertz CT molecular complexity index is 492. The molecular weight excluding hydrogens is 272 g/mol. The molecule has 0 bridgehead atoms. The number of nitrogens with zero attached hydrogens (tertiary/aromatic N) is 2. The summed E-state index contributed by atoms with van der Waals surface area (Å²) in [5.74, 6) is 1.73. The van der Waals surface area contributed by atoms with Crippen molar-refractivity contribution in [3.63, 3.8) is 0 Å².